The number of aryl methyl sites for hydroxylation is 1. The summed E-state index contributed by atoms with van der Waals surface area (Å²) in [6, 6.07) is 4.48. The van der Waals surface area contributed by atoms with Crippen LogP contribution in [0, 0.1) is 6.92 Å². The van der Waals surface area contributed by atoms with Crippen LogP contribution in [0.3, 0.4) is 0 Å². The van der Waals surface area contributed by atoms with Crippen molar-refractivity contribution in [2.24, 2.45) is 0 Å². The van der Waals surface area contributed by atoms with Gasteiger partial charge in [0.2, 0.25) is 11.8 Å². The third kappa shape index (κ3) is 2.54. The average Bonchev–Trinajstić information content (AvgIpc) is 2.40. The number of halogens is 1. The highest BCUT2D eigenvalue weighted by Gasteiger charge is 2.36. The SMILES string of the molecule is CCC1C(=O)NC(=O)CN1C(=O)c1cccc(C)c1Cl. The van der Waals surface area contributed by atoms with Crippen molar-refractivity contribution in [3.8, 4) is 0 Å². The maximum absolute atomic E-state index is 12.5. The lowest BCUT2D eigenvalue weighted by Crippen LogP contribution is -2.59. The number of rotatable bonds is 2. The largest absolute Gasteiger partial charge is 0.317 e. The zero-order valence-corrected chi connectivity index (χ0v) is 12.0. The van der Waals surface area contributed by atoms with Gasteiger partial charge in [0.05, 0.1) is 10.6 Å². The number of benzene rings is 1. The smallest absolute Gasteiger partial charge is 0.256 e. The van der Waals surface area contributed by atoms with E-state index in [4.69, 9.17) is 11.6 Å². The quantitative estimate of drug-likeness (QED) is 0.841. The van der Waals surface area contributed by atoms with Crippen LogP contribution in [0.2, 0.25) is 5.02 Å². The summed E-state index contributed by atoms with van der Waals surface area (Å²) in [6.45, 7) is 3.45. The van der Waals surface area contributed by atoms with E-state index in [1.54, 1.807) is 32.0 Å². The predicted molar refractivity (Wildman–Crippen MR) is 74.5 cm³/mol. The normalized spacial score (nSPS) is 18.9. The zero-order chi connectivity index (χ0) is 14.9. The van der Waals surface area contributed by atoms with Gasteiger partial charge in [-0.15, -0.1) is 0 Å². The molecule has 1 aromatic rings. The van der Waals surface area contributed by atoms with Crippen LogP contribution in [0.1, 0.15) is 29.3 Å². The van der Waals surface area contributed by atoms with Gasteiger partial charge in [0, 0.05) is 0 Å². The summed E-state index contributed by atoms with van der Waals surface area (Å²) in [5, 5.41) is 2.59. The monoisotopic (exact) mass is 294 g/mol. The molecular weight excluding hydrogens is 280 g/mol. The molecule has 1 saturated heterocycles. The molecule has 20 heavy (non-hydrogen) atoms. The van der Waals surface area contributed by atoms with Gasteiger partial charge in [-0.2, -0.15) is 0 Å². The minimum absolute atomic E-state index is 0.132. The standard InChI is InChI=1S/C14H15ClN2O3/c1-3-10-13(19)16-11(18)7-17(10)14(20)9-6-4-5-8(2)12(9)15/h4-6,10H,3,7H2,1-2H3,(H,16,18,19). The number of imide groups is 1. The summed E-state index contributed by atoms with van der Waals surface area (Å²) in [6.07, 6.45) is 0.439. The molecule has 1 atom stereocenters. The van der Waals surface area contributed by atoms with Crippen molar-refractivity contribution in [1.82, 2.24) is 10.2 Å². The summed E-state index contributed by atoms with van der Waals surface area (Å²) in [5.74, 6) is -1.31. The Hall–Kier alpha value is -1.88. The second kappa shape index (κ2) is 5.63. The molecule has 0 spiro atoms. The number of hydrogen-bond acceptors (Lipinski definition) is 3. The lowest BCUT2D eigenvalue weighted by atomic mass is 10.1. The van der Waals surface area contributed by atoms with E-state index in [0.717, 1.165) is 5.56 Å². The Kier molecular flexibility index (Phi) is 4.09. The van der Waals surface area contributed by atoms with E-state index in [1.165, 1.54) is 4.90 Å². The predicted octanol–water partition coefficient (Wildman–Crippen LogP) is 1.53. The van der Waals surface area contributed by atoms with Gasteiger partial charge >= 0.3 is 0 Å². The first kappa shape index (κ1) is 14.5. The van der Waals surface area contributed by atoms with Crippen molar-refractivity contribution >= 4 is 29.3 Å². The minimum Gasteiger partial charge on any atom is -0.317 e. The van der Waals surface area contributed by atoms with E-state index in [2.05, 4.69) is 5.32 Å². The number of amides is 3. The van der Waals surface area contributed by atoms with Crippen LogP contribution in [0.5, 0.6) is 0 Å². The minimum atomic E-state index is -0.642. The Labute approximate surface area is 121 Å². The molecule has 0 aliphatic carbocycles. The second-order valence-electron chi connectivity index (χ2n) is 4.71. The Morgan fingerprint density at radius 1 is 1.45 bits per heavy atom. The van der Waals surface area contributed by atoms with Crippen molar-refractivity contribution < 1.29 is 14.4 Å². The van der Waals surface area contributed by atoms with Crippen LogP contribution in [0.4, 0.5) is 0 Å². The van der Waals surface area contributed by atoms with Gasteiger partial charge in [-0.3, -0.25) is 19.7 Å². The number of carbonyl (C=O) groups is 3. The Morgan fingerprint density at radius 2 is 2.15 bits per heavy atom. The molecule has 1 N–H and O–H groups in total. The average molecular weight is 295 g/mol. The third-order valence-electron chi connectivity index (χ3n) is 3.33. The number of nitrogens with zero attached hydrogens (tertiary/aromatic N) is 1. The Morgan fingerprint density at radius 3 is 2.80 bits per heavy atom. The Bertz CT molecular complexity index is 586. The van der Waals surface area contributed by atoms with Gasteiger partial charge in [0.15, 0.2) is 0 Å². The van der Waals surface area contributed by atoms with E-state index in [9.17, 15) is 14.4 Å². The summed E-state index contributed by atoms with van der Waals surface area (Å²) in [7, 11) is 0. The molecule has 5 nitrogen and oxygen atoms in total. The van der Waals surface area contributed by atoms with E-state index in [1.807, 2.05) is 0 Å². The maximum Gasteiger partial charge on any atom is 0.256 e. The number of carbonyl (C=O) groups excluding carboxylic acids is 3. The topological polar surface area (TPSA) is 66.5 Å². The summed E-state index contributed by atoms with van der Waals surface area (Å²) < 4.78 is 0. The van der Waals surface area contributed by atoms with Crippen LogP contribution < -0.4 is 5.32 Å². The van der Waals surface area contributed by atoms with Crippen molar-refractivity contribution in [3.05, 3.63) is 34.3 Å². The van der Waals surface area contributed by atoms with Crippen molar-refractivity contribution in [1.29, 1.82) is 0 Å². The maximum atomic E-state index is 12.5. The molecule has 1 fully saturated rings. The summed E-state index contributed by atoms with van der Waals surface area (Å²) in [4.78, 5) is 37.1. The van der Waals surface area contributed by atoms with Gasteiger partial charge in [0.1, 0.15) is 12.6 Å². The zero-order valence-electron chi connectivity index (χ0n) is 11.3. The van der Waals surface area contributed by atoms with Crippen LogP contribution in [-0.2, 0) is 9.59 Å². The number of nitrogens with one attached hydrogen (secondary N) is 1. The first-order valence-electron chi connectivity index (χ1n) is 6.35. The number of piperazine rings is 1. The highest BCUT2D eigenvalue weighted by atomic mass is 35.5. The van der Waals surface area contributed by atoms with E-state index in [0.29, 0.717) is 17.0 Å². The van der Waals surface area contributed by atoms with Crippen molar-refractivity contribution in [3.63, 3.8) is 0 Å². The van der Waals surface area contributed by atoms with Gasteiger partial charge in [0.25, 0.3) is 5.91 Å². The molecule has 0 saturated carbocycles. The van der Waals surface area contributed by atoms with Gasteiger partial charge in [-0.25, -0.2) is 0 Å². The van der Waals surface area contributed by atoms with Gasteiger partial charge < -0.3 is 4.90 Å². The van der Waals surface area contributed by atoms with E-state index < -0.39 is 23.8 Å². The van der Waals surface area contributed by atoms with Crippen molar-refractivity contribution in [2.75, 3.05) is 6.54 Å². The number of hydrogen-bond donors (Lipinski definition) is 1. The molecule has 1 aliphatic rings. The molecule has 1 unspecified atom stereocenters. The molecule has 0 radical (unpaired) electrons. The van der Waals surface area contributed by atoms with Crippen LogP contribution in [0.25, 0.3) is 0 Å². The van der Waals surface area contributed by atoms with Crippen LogP contribution in [0.15, 0.2) is 18.2 Å². The third-order valence-corrected chi connectivity index (χ3v) is 3.83. The van der Waals surface area contributed by atoms with Crippen molar-refractivity contribution in [2.45, 2.75) is 26.3 Å². The lowest BCUT2D eigenvalue weighted by molar-refractivity contribution is -0.138. The highest BCUT2D eigenvalue weighted by Crippen LogP contribution is 2.23. The molecule has 0 aromatic heterocycles. The molecule has 3 amide bonds. The molecule has 106 valence electrons. The molecule has 6 heteroatoms. The first-order chi connectivity index (χ1) is 9.45. The van der Waals surface area contributed by atoms with Gasteiger partial charge in [-0.05, 0) is 25.0 Å². The molecule has 2 rings (SSSR count). The fraction of sp³-hybridized carbons (Fsp3) is 0.357. The summed E-state index contributed by atoms with van der Waals surface area (Å²) >= 11 is 6.14. The van der Waals surface area contributed by atoms with E-state index >= 15 is 0 Å². The van der Waals surface area contributed by atoms with Crippen LogP contribution in [-0.4, -0.2) is 35.2 Å². The molecule has 0 bridgehead atoms. The van der Waals surface area contributed by atoms with Crippen LogP contribution >= 0.6 is 11.6 Å². The molecule has 1 heterocycles. The summed E-state index contributed by atoms with van der Waals surface area (Å²) in [5.41, 5.74) is 1.09. The fourth-order valence-corrected chi connectivity index (χ4v) is 2.46. The highest BCUT2D eigenvalue weighted by molar-refractivity contribution is 6.34. The van der Waals surface area contributed by atoms with Gasteiger partial charge in [-0.1, -0.05) is 30.7 Å². The lowest BCUT2D eigenvalue weighted by Gasteiger charge is -2.33. The fourth-order valence-electron chi connectivity index (χ4n) is 2.25. The molecule has 1 aliphatic heterocycles. The second-order valence-corrected chi connectivity index (χ2v) is 5.08. The molecule has 1 aromatic carbocycles. The Balaban J connectivity index is 2.37. The van der Waals surface area contributed by atoms with E-state index in [-0.39, 0.29) is 6.54 Å². The molecular formula is C14H15ClN2O3. The first-order valence-corrected chi connectivity index (χ1v) is 6.73.